The molecular weight excluding hydrogens is 330 g/mol. The molecule has 6 heteroatoms. The molecule has 2 rings (SSSR count). The number of pyridine rings is 1. The summed E-state index contributed by atoms with van der Waals surface area (Å²) in [4.78, 5) is 30.9. The van der Waals surface area contributed by atoms with Gasteiger partial charge in [-0.05, 0) is 31.0 Å². The van der Waals surface area contributed by atoms with Crippen LogP contribution in [0, 0.1) is 0 Å². The van der Waals surface area contributed by atoms with E-state index in [2.05, 4.69) is 10.3 Å². The summed E-state index contributed by atoms with van der Waals surface area (Å²) < 4.78 is 4.95. The lowest BCUT2D eigenvalue weighted by atomic mass is 10.2. The van der Waals surface area contributed by atoms with Gasteiger partial charge in [-0.2, -0.15) is 0 Å². The fourth-order valence-electron chi connectivity index (χ4n) is 2.48. The van der Waals surface area contributed by atoms with Crippen molar-refractivity contribution in [1.82, 2.24) is 15.2 Å². The van der Waals surface area contributed by atoms with Gasteiger partial charge in [-0.3, -0.25) is 9.59 Å². The molecule has 0 bridgehead atoms. The molecule has 0 aliphatic rings. The zero-order chi connectivity index (χ0) is 18.8. The van der Waals surface area contributed by atoms with Crippen molar-refractivity contribution in [3.8, 4) is 0 Å². The van der Waals surface area contributed by atoms with E-state index in [0.29, 0.717) is 26.2 Å². The SMILES string of the molecule is CCN(Cc1ccccc1)C(=O)c1cccc(C(=O)NCCCOC)n1. The number of nitrogens with one attached hydrogen (secondary N) is 1. The average Bonchev–Trinajstić information content (AvgIpc) is 2.69. The van der Waals surface area contributed by atoms with E-state index in [-0.39, 0.29) is 23.2 Å². The van der Waals surface area contributed by atoms with E-state index in [1.165, 1.54) is 0 Å². The quantitative estimate of drug-likeness (QED) is 0.702. The number of carbonyl (C=O) groups is 2. The Bertz CT molecular complexity index is 719. The summed E-state index contributed by atoms with van der Waals surface area (Å²) in [6.07, 6.45) is 0.724. The predicted octanol–water partition coefficient (Wildman–Crippen LogP) is 2.51. The second-order valence-corrected chi connectivity index (χ2v) is 5.82. The summed E-state index contributed by atoms with van der Waals surface area (Å²) in [6.45, 7) is 4.07. The van der Waals surface area contributed by atoms with E-state index in [0.717, 1.165) is 12.0 Å². The smallest absolute Gasteiger partial charge is 0.272 e. The van der Waals surface area contributed by atoms with Crippen molar-refractivity contribution in [2.45, 2.75) is 19.9 Å². The largest absolute Gasteiger partial charge is 0.385 e. The predicted molar refractivity (Wildman–Crippen MR) is 99.9 cm³/mol. The van der Waals surface area contributed by atoms with Crippen LogP contribution < -0.4 is 5.32 Å². The van der Waals surface area contributed by atoms with Gasteiger partial charge in [0.25, 0.3) is 11.8 Å². The Morgan fingerprint density at radius 1 is 1.08 bits per heavy atom. The highest BCUT2D eigenvalue weighted by molar-refractivity contribution is 5.96. The molecule has 1 aromatic heterocycles. The topological polar surface area (TPSA) is 71.5 Å². The summed E-state index contributed by atoms with van der Waals surface area (Å²) in [5.74, 6) is -0.479. The molecular formula is C20H25N3O3. The Morgan fingerprint density at radius 3 is 2.50 bits per heavy atom. The average molecular weight is 355 g/mol. The van der Waals surface area contributed by atoms with Crippen molar-refractivity contribution >= 4 is 11.8 Å². The summed E-state index contributed by atoms with van der Waals surface area (Å²) in [5.41, 5.74) is 1.56. The lowest BCUT2D eigenvalue weighted by Gasteiger charge is -2.20. The van der Waals surface area contributed by atoms with Gasteiger partial charge in [0, 0.05) is 33.4 Å². The fraction of sp³-hybridized carbons (Fsp3) is 0.350. The third kappa shape index (κ3) is 5.67. The summed E-state index contributed by atoms with van der Waals surface area (Å²) in [7, 11) is 1.62. The number of carbonyl (C=O) groups excluding carboxylic acids is 2. The molecule has 0 unspecified atom stereocenters. The highest BCUT2D eigenvalue weighted by Crippen LogP contribution is 2.09. The minimum atomic E-state index is -0.290. The van der Waals surface area contributed by atoms with E-state index in [1.54, 1.807) is 30.2 Å². The molecule has 0 saturated heterocycles. The van der Waals surface area contributed by atoms with Gasteiger partial charge < -0.3 is 15.0 Å². The maximum Gasteiger partial charge on any atom is 0.272 e. The Morgan fingerprint density at radius 2 is 1.81 bits per heavy atom. The van der Waals surface area contributed by atoms with E-state index in [1.807, 2.05) is 37.3 Å². The summed E-state index contributed by atoms with van der Waals surface area (Å²) in [5, 5.41) is 2.78. The minimum Gasteiger partial charge on any atom is -0.385 e. The number of methoxy groups -OCH3 is 1. The molecule has 6 nitrogen and oxygen atoms in total. The zero-order valence-electron chi connectivity index (χ0n) is 15.3. The molecule has 0 aliphatic carbocycles. The molecule has 0 aliphatic heterocycles. The van der Waals surface area contributed by atoms with E-state index >= 15 is 0 Å². The lowest BCUT2D eigenvalue weighted by Crippen LogP contribution is -2.32. The van der Waals surface area contributed by atoms with Crippen LogP contribution in [0.15, 0.2) is 48.5 Å². The van der Waals surface area contributed by atoms with Crippen LogP contribution in [0.25, 0.3) is 0 Å². The first-order valence-corrected chi connectivity index (χ1v) is 8.73. The molecule has 0 radical (unpaired) electrons. The van der Waals surface area contributed by atoms with Crippen LogP contribution in [0.4, 0.5) is 0 Å². The van der Waals surface area contributed by atoms with Crippen LogP contribution in [0.5, 0.6) is 0 Å². The Labute approximate surface area is 154 Å². The van der Waals surface area contributed by atoms with Gasteiger partial charge in [0.2, 0.25) is 0 Å². The number of ether oxygens (including phenoxy) is 1. The number of hydrogen-bond donors (Lipinski definition) is 1. The molecule has 0 atom stereocenters. The van der Waals surface area contributed by atoms with E-state index in [4.69, 9.17) is 4.74 Å². The Hall–Kier alpha value is -2.73. The molecule has 1 heterocycles. The van der Waals surface area contributed by atoms with Crippen molar-refractivity contribution in [3.63, 3.8) is 0 Å². The van der Waals surface area contributed by atoms with Crippen LogP contribution in [0.3, 0.4) is 0 Å². The summed E-state index contributed by atoms with van der Waals surface area (Å²) >= 11 is 0. The normalized spacial score (nSPS) is 10.4. The Balaban J connectivity index is 2.04. The molecule has 0 spiro atoms. The van der Waals surface area contributed by atoms with Crippen molar-refractivity contribution < 1.29 is 14.3 Å². The molecule has 26 heavy (non-hydrogen) atoms. The van der Waals surface area contributed by atoms with E-state index < -0.39 is 0 Å². The number of amides is 2. The maximum absolute atomic E-state index is 12.8. The first-order valence-electron chi connectivity index (χ1n) is 8.73. The third-order valence-corrected chi connectivity index (χ3v) is 3.90. The van der Waals surface area contributed by atoms with Gasteiger partial charge in [0.15, 0.2) is 0 Å². The van der Waals surface area contributed by atoms with Crippen molar-refractivity contribution in [2.75, 3.05) is 26.8 Å². The number of hydrogen-bond acceptors (Lipinski definition) is 4. The van der Waals surface area contributed by atoms with Crippen LogP contribution in [-0.2, 0) is 11.3 Å². The first-order chi connectivity index (χ1) is 12.7. The van der Waals surface area contributed by atoms with Crippen molar-refractivity contribution in [1.29, 1.82) is 0 Å². The molecule has 1 aromatic carbocycles. The third-order valence-electron chi connectivity index (χ3n) is 3.90. The fourth-order valence-corrected chi connectivity index (χ4v) is 2.48. The molecule has 138 valence electrons. The zero-order valence-corrected chi connectivity index (χ0v) is 15.3. The number of aromatic nitrogens is 1. The van der Waals surface area contributed by atoms with E-state index in [9.17, 15) is 9.59 Å². The number of benzene rings is 1. The first kappa shape index (κ1) is 19.6. The number of nitrogens with zero attached hydrogens (tertiary/aromatic N) is 2. The molecule has 1 N–H and O–H groups in total. The standard InChI is InChI=1S/C20H25N3O3/c1-3-23(15-16-9-5-4-6-10-16)20(25)18-12-7-11-17(22-18)19(24)21-13-8-14-26-2/h4-7,9-12H,3,8,13-15H2,1-2H3,(H,21,24). The van der Waals surface area contributed by atoms with Crippen LogP contribution in [-0.4, -0.2) is 48.5 Å². The van der Waals surface area contributed by atoms with Gasteiger partial charge in [-0.1, -0.05) is 36.4 Å². The number of rotatable bonds is 9. The second kappa shape index (κ2) is 10.3. The monoisotopic (exact) mass is 355 g/mol. The molecule has 2 amide bonds. The maximum atomic E-state index is 12.8. The minimum absolute atomic E-state index is 0.189. The van der Waals surface area contributed by atoms with Crippen LogP contribution in [0.1, 0.15) is 39.9 Å². The second-order valence-electron chi connectivity index (χ2n) is 5.82. The highest BCUT2D eigenvalue weighted by atomic mass is 16.5. The van der Waals surface area contributed by atoms with Gasteiger partial charge in [0.1, 0.15) is 11.4 Å². The van der Waals surface area contributed by atoms with Crippen molar-refractivity contribution in [2.24, 2.45) is 0 Å². The van der Waals surface area contributed by atoms with Gasteiger partial charge in [-0.15, -0.1) is 0 Å². The van der Waals surface area contributed by atoms with Gasteiger partial charge in [0.05, 0.1) is 0 Å². The molecule has 2 aromatic rings. The van der Waals surface area contributed by atoms with Crippen LogP contribution in [0.2, 0.25) is 0 Å². The Kier molecular flexibility index (Phi) is 7.76. The molecule has 0 saturated carbocycles. The van der Waals surface area contributed by atoms with Gasteiger partial charge >= 0.3 is 0 Å². The summed E-state index contributed by atoms with van der Waals surface area (Å²) in [6, 6.07) is 14.7. The highest BCUT2D eigenvalue weighted by Gasteiger charge is 2.17. The van der Waals surface area contributed by atoms with Gasteiger partial charge in [-0.25, -0.2) is 4.98 Å². The van der Waals surface area contributed by atoms with Crippen LogP contribution >= 0.6 is 0 Å². The lowest BCUT2D eigenvalue weighted by molar-refractivity contribution is 0.0746. The molecule has 0 fully saturated rings. The van der Waals surface area contributed by atoms with Crippen molar-refractivity contribution in [3.05, 3.63) is 65.5 Å².